The standard InChI is InChI=1S/C5H5N5O3S/c6-3-2-4(8-1-7-3)10-5(9-2)14(11,12)13/h1H,(H,11,12,13)(H3,6,7,8,9,10)/p-1. The molecule has 2 heterocycles. The molecule has 14 heavy (non-hydrogen) atoms. The van der Waals surface area contributed by atoms with Crippen molar-refractivity contribution in [2.24, 2.45) is 0 Å². The number of aromatic amines is 1. The molecule has 0 aliphatic carbocycles. The number of hydrogen-bond donors (Lipinski definition) is 2. The molecule has 74 valence electrons. The van der Waals surface area contributed by atoms with Gasteiger partial charge in [-0.05, 0) is 0 Å². The number of nitrogens with two attached hydrogens (primary N) is 1. The Kier molecular flexibility index (Phi) is 1.66. The molecule has 8 nitrogen and oxygen atoms in total. The van der Waals surface area contributed by atoms with E-state index in [2.05, 4.69) is 19.9 Å². The van der Waals surface area contributed by atoms with Crippen LogP contribution in [0, 0.1) is 0 Å². The normalized spacial score (nSPS) is 12.1. The Morgan fingerprint density at radius 3 is 2.71 bits per heavy atom. The minimum absolute atomic E-state index is 0.0393. The van der Waals surface area contributed by atoms with Crippen LogP contribution in [0.2, 0.25) is 0 Å². The average molecular weight is 214 g/mol. The Hall–Kier alpha value is -1.74. The third kappa shape index (κ3) is 1.28. The predicted molar refractivity (Wildman–Crippen MR) is 44.1 cm³/mol. The van der Waals surface area contributed by atoms with Crippen LogP contribution in [-0.2, 0) is 10.1 Å². The van der Waals surface area contributed by atoms with E-state index >= 15 is 0 Å². The molecule has 0 bridgehead atoms. The van der Waals surface area contributed by atoms with Crippen LogP contribution < -0.4 is 5.73 Å². The third-order valence-electron chi connectivity index (χ3n) is 1.53. The Labute approximate surface area is 77.9 Å². The van der Waals surface area contributed by atoms with Crippen molar-refractivity contribution in [1.82, 2.24) is 19.9 Å². The first-order chi connectivity index (χ1) is 6.48. The molecular weight excluding hydrogens is 210 g/mol. The number of anilines is 1. The second-order valence-corrected chi connectivity index (χ2v) is 3.75. The van der Waals surface area contributed by atoms with Gasteiger partial charge in [0.15, 0.2) is 21.6 Å². The van der Waals surface area contributed by atoms with E-state index < -0.39 is 15.3 Å². The smallest absolute Gasteiger partial charge is 0.214 e. The number of aromatic nitrogens is 4. The summed E-state index contributed by atoms with van der Waals surface area (Å²) in [4.78, 5) is 12.9. The van der Waals surface area contributed by atoms with Crippen molar-refractivity contribution >= 4 is 27.1 Å². The SMILES string of the molecule is Nc1ncnc2nc(S(=O)(=O)[O-])[nH]c12. The molecule has 0 unspecified atom stereocenters. The van der Waals surface area contributed by atoms with Crippen molar-refractivity contribution in [1.29, 1.82) is 0 Å². The summed E-state index contributed by atoms with van der Waals surface area (Å²) in [5.74, 6) is 0.0393. The molecule has 3 N–H and O–H groups in total. The lowest BCUT2D eigenvalue weighted by Crippen LogP contribution is -2.00. The van der Waals surface area contributed by atoms with Gasteiger partial charge in [0.2, 0.25) is 5.16 Å². The van der Waals surface area contributed by atoms with Crippen LogP contribution in [0.25, 0.3) is 11.2 Å². The molecule has 0 aliphatic rings. The quantitative estimate of drug-likeness (QED) is 0.571. The van der Waals surface area contributed by atoms with Crippen LogP contribution in [0.15, 0.2) is 11.5 Å². The molecule has 0 amide bonds. The van der Waals surface area contributed by atoms with Crippen molar-refractivity contribution < 1.29 is 13.0 Å². The molecule has 0 aromatic carbocycles. The van der Waals surface area contributed by atoms with Gasteiger partial charge in [0.1, 0.15) is 11.8 Å². The largest absolute Gasteiger partial charge is 0.742 e. The summed E-state index contributed by atoms with van der Waals surface area (Å²) in [5.41, 5.74) is 5.58. The highest BCUT2D eigenvalue weighted by Gasteiger charge is 2.11. The van der Waals surface area contributed by atoms with E-state index in [-0.39, 0.29) is 17.0 Å². The highest BCUT2D eigenvalue weighted by molar-refractivity contribution is 7.85. The topological polar surface area (TPSA) is 138 Å². The fourth-order valence-electron chi connectivity index (χ4n) is 0.944. The first kappa shape index (κ1) is 8.84. The number of nitrogens with one attached hydrogen (secondary N) is 1. The van der Waals surface area contributed by atoms with Gasteiger partial charge in [0.25, 0.3) is 0 Å². The summed E-state index contributed by atoms with van der Waals surface area (Å²) >= 11 is 0. The molecular formula is C5H4N5O3S-. The van der Waals surface area contributed by atoms with E-state index in [1.807, 2.05) is 0 Å². The molecule has 2 rings (SSSR count). The molecule has 2 aromatic rings. The Bertz CT molecular complexity index is 588. The van der Waals surface area contributed by atoms with Gasteiger partial charge in [-0.1, -0.05) is 0 Å². The Morgan fingerprint density at radius 2 is 2.14 bits per heavy atom. The van der Waals surface area contributed by atoms with Gasteiger partial charge in [-0.25, -0.2) is 18.4 Å². The lowest BCUT2D eigenvalue weighted by molar-refractivity contribution is 0.456. The number of rotatable bonds is 1. The maximum Gasteiger partial charge on any atom is 0.214 e. The first-order valence-corrected chi connectivity index (χ1v) is 4.81. The van der Waals surface area contributed by atoms with Crippen molar-refractivity contribution in [2.75, 3.05) is 5.73 Å². The van der Waals surface area contributed by atoms with E-state index in [1.165, 1.54) is 0 Å². The summed E-state index contributed by atoms with van der Waals surface area (Å²) < 4.78 is 31.7. The zero-order valence-electron chi connectivity index (χ0n) is 6.63. The molecule has 0 saturated carbocycles. The molecule has 0 aliphatic heterocycles. The highest BCUT2D eigenvalue weighted by Crippen LogP contribution is 2.15. The fraction of sp³-hybridized carbons (Fsp3) is 0. The van der Waals surface area contributed by atoms with Crippen LogP contribution in [0.5, 0.6) is 0 Å². The minimum atomic E-state index is -4.62. The van der Waals surface area contributed by atoms with E-state index in [0.29, 0.717) is 0 Å². The predicted octanol–water partition coefficient (Wildman–Crippen LogP) is -1.16. The Morgan fingerprint density at radius 1 is 1.43 bits per heavy atom. The van der Waals surface area contributed by atoms with E-state index in [9.17, 15) is 13.0 Å². The van der Waals surface area contributed by atoms with Gasteiger partial charge < -0.3 is 15.3 Å². The minimum Gasteiger partial charge on any atom is -0.742 e. The first-order valence-electron chi connectivity index (χ1n) is 3.40. The monoisotopic (exact) mass is 214 g/mol. The number of nitrogens with zero attached hydrogens (tertiary/aromatic N) is 3. The van der Waals surface area contributed by atoms with Crippen LogP contribution in [0.3, 0.4) is 0 Å². The summed E-state index contributed by atoms with van der Waals surface area (Å²) in [6, 6.07) is 0. The van der Waals surface area contributed by atoms with Crippen LogP contribution in [-0.4, -0.2) is 32.9 Å². The van der Waals surface area contributed by atoms with Crippen LogP contribution in [0.4, 0.5) is 5.82 Å². The lowest BCUT2D eigenvalue weighted by Gasteiger charge is -1.99. The van der Waals surface area contributed by atoms with Crippen molar-refractivity contribution in [2.45, 2.75) is 5.16 Å². The van der Waals surface area contributed by atoms with Crippen molar-refractivity contribution in [3.63, 3.8) is 0 Å². The van der Waals surface area contributed by atoms with Crippen molar-refractivity contribution in [3.05, 3.63) is 6.33 Å². The number of hydrogen-bond acceptors (Lipinski definition) is 7. The van der Waals surface area contributed by atoms with Gasteiger partial charge in [-0.15, -0.1) is 0 Å². The van der Waals surface area contributed by atoms with Gasteiger partial charge in [-0.2, -0.15) is 4.98 Å². The number of fused-ring (bicyclic) bond motifs is 1. The zero-order chi connectivity index (χ0) is 10.3. The fourth-order valence-corrected chi connectivity index (χ4v) is 1.37. The van der Waals surface area contributed by atoms with Gasteiger partial charge in [0, 0.05) is 0 Å². The molecule has 0 spiro atoms. The zero-order valence-corrected chi connectivity index (χ0v) is 7.45. The van der Waals surface area contributed by atoms with Gasteiger partial charge >= 0.3 is 0 Å². The average Bonchev–Trinajstić information content (AvgIpc) is 2.48. The second kappa shape index (κ2) is 2.62. The molecule has 2 aromatic heterocycles. The Balaban J connectivity index is 2.81. The summed E-state index contributed by atoms with van der Waals surface area (Å²) in [6.45, 7) is 0. The highest BCUT2D eigenvalue weighted by atomic mass is 32.2. The van der Waals surface area contributed by atoms with Gasteiger partial charge in [0.05, 0.1) is 0 Å². The maximum atomic E-state index is 10.6. The second-order valence-electron chi connectivity index (χ2n) is 2.45. The van der Waals surface area contributed by atoms with Crippen molar-refractivity contribution in [3.8, 4) is 0 Å². The molecule has 0 radical (unpaired) electrons. The van der Waals surface area contributed by atoms with E-state index in [4.69, 9.17) is 5.73 Å². The van der Waals surface area contributed by atoms with Crippen LogP contribution >= 0.6 is 0 Å². The maximum absolute atomic E-state index is 10.6. The summed E-state index contributed by atoms with van der Waals surface area (Å²) in [7, 11) is -4.62. The van der Waals surface area contributed by atoms with E-state index in [1.54, 1.807) is 0 Å². The third-order valence-corrected chi connectivity index (χ3v) is 2.20. The van der Waals surface area contributed by atoms with Gasteiger partial charge in [-0.3, -0.25) is 0 Å². The van der Waals surface area contributed by atoms with Crippen LogP contribution in [0.1, 0.15) is 0 Å². The molecule has 0 atom stereocenters. The number of nitrogen functional groups attached to an aromatic ring is 1. The lowest BCUT2D eigenvalue weighted by atomic mass is 10.5. The summed E-state index contributed by atoms with van der Waals surface area (Å²) in [5, 5.41) is -0.709. The molecule has 0 fully saturated rings. The number of H-pyrrole nitrogens is 1. The van der Waals surface area contributed by atoms with E-state index in [0.717, 1.165) is 6.33 Å². The molecule has 9 heteroatoms. The molecule has 0 saturated heterocycles. The number of imidazole rings is 1. The summed E-state index contributed by atoms with van der Waals surface area (Å²) in [6.07, 6.45) is 1.12.